The van der Waals surface area contributed by atoms with Crippen molar-refractivity contribution in [3.63, 3.8) is 0 Å². The van der Waals surface area contributed by atoms with Gasteiger partial charge in [0, 0.05) is 18.3 Å². The molecule has 100 valence electrons. The van der Waals surface area contributed by atoms with Crippen LogP contribution in [0.3, 0.4) is 0 Å². The monoisotopic (exact) mass is 263 g/mol. The standard InChI is InChI=1S/C13H14FN3O2/c1-19-12-3-2-8(6-9(12)14)10-4-5-16-13(17-10)11(18)7-15/h2-6,11,18H,7,15H2,1H3. The lowest BCUT2D eigenvalue weighted by atomic mass is 10.1. The van der Waals surface area contributed by atoms with E-state index >= 15 is 0 Å². The summed E-state index contributed by atoms with van der Waals surface area (Å²) in [4.78, 5) is 8.09. The second kappa shape index (κ2) is 5.73. The molecule has 1 atom stereocenters. The Morgan fingerprint density at radius 2 is 2.21 bits per heavy atom. The maximum absolute atomic E-state index is 13.6. The van der Waals surface area contributed by atoms with E-state index < -0.39 is 11.9 Å². The average Bonchev–Trinajstić information content (AvgIpc) is 2.46. The zero-order valence-electron chi connectivity index (χ0n) is 10.4. The van der Waals surface area contributed by atoms with Gasteiger partial charge in [0.05, 0.1) is 12.8 Å². The van der Waals surface area contributed by atoms with E-state index in [2.05, 4.69) is 9.97 Å². The van der Waals surface area contributed by atoms with Gasteiger partial charge in [0.2, 0.25) is 0 Å². The third-order valence-corrected chi connectivity index (χ3v) is 2.64. The molecule has 0 bridgehead atoms. The molecule has 0 saturated heterocycles. The maximum atomic E-state index is 13.6. The molecular formula is C13H14FN3O2. The lowest BCUT2D eigenvalue weighted by molar-refractivity contribution is 0.176. The van der Waals surface area contributed by atoms with Crippen LogP contribution in [-0.4, -0.2) is 28.7 Å². The number of methoxy groups -OCH3 is 1. The average molecular weight is 263 g/mol. The van der Waals surface area contributed by atoms with Crippen LogP contribution in [0.1, 0.15) is 11.9 Å². The Hall–Kier alpha value is -2.05. The van der Waals surface area contributed by atoms with Crippen LogP contribution in [0, 0.1) is 5.82 Å². The fraction of sp³-hybridized carbons (Fsp3) is 0.231. The Kier molecular flexibility index (Phi) is 4.03. The highest BCUT2D eigenvalue weighted by Crippen LogP contribution is 2.24. The lowest BCUT2D eigenvalue weighted by Crippen LogP contribution is -2.14. The van der Waals surface area contributed by atoms with E-state index in [1.54, 1.807) is 12.1 Å². The summed E-state index contributed by atoms with van der Waals surface area (Å²) in [5.41, 5.74) is 6.44. The smallest absolute Gasteiger partial charge is 0.165 e. The fourth-order valence-electron chi connectivity index (χ4n) is 1.63. The second-order valence-corrected chi connectivity index (χ2v) is 3.90. The van der Waals surface area contributed by atoms with Crippen LogP contribution in [0.25, 0.3) is 11.3 Å². The van der Waals surface area contributed by atoms with Crippen molar-refractivity contribution in [1.82, 2.24) is 9.97 Å². The quantitative estimate of drug-likeness (QED) is 0.868. The first kappa shape index (κ1) is 13.4. The Labute approximate surface area is 109 Å². The molecule has 0 amide bonds. The number of aliphatic hydroxyl groups is 1. The van der Waals surface area contributed by atoms with Crippen molar-refractivity contribution in [1.29, 1.82) is 0 Å². The number of halogens is 1. The SMILES string of the molecule is COc1ccc(-c2ccnc(C(O)CN)n2)cc1F. The molecule has 6 heteroatoms. The van der Waals surface area contributed by atoms with Crippen LogP contribution in [0.4, 0.5) is 4.39 Å². The van der Waals surface area contributed by atoms with Gasteiger partial charge in [-0.2, -0.15) is 0 Å². The van der Waals surface area contributed by atoms with Crippen molar-refractivity contribution in [3.8, 4) is 17.0 Å². The van der Waals surface area contributed by atoms with Gasteiger partial charge in [0.1, 0.15) is 6.10 Å². The first-order valence-corrected chi connectivity index (χ1v) is 5.70. The van der Waals surface area contributed by atoms with Gasteiger partial charge in [-0.15, -0.1) is 0 Å². The van der Waals surface area contributed by atoms with E-state index in [-0.39, 0.29) is 18.1 Å². The van der Waals surface area contributed by atoms with E-state index in [9.17, 15) is 9.50 Å². The summed E-state index contributed by atoms with van der Waals surface area (Å²) in [6.45, 7) is 0.0282. The van der Waals surface area contributed by atoms with E-state index in [4.69, 9.17) is 10.5 Å². The summed E-state index contributed by atoms with van der Waals surface area (Å²) in [5.74, 6) is -0.0872. The first-order chi connectivity index (χ1) is 9.15. The minimum absolute atomic E-state index is 0.0282. The number of hydrogen-bond acceptors (Lipinski definition) is 5. The number of hydrogen-bond donors (Lipinski definition) is 2. The molecule has 1 aromatic carbocycles. The molecular weight excluding hydrogens is 249 g/mol. The largest absolute Gasteiger partial charge is 0.494 e. The Balaban J connectivity index is 2.39. The van der Waals surface area contributed by atoms with Crippen LogP contribution >= 0.6 is 0 Å². The first-order valence-electron chi connectivity index (χ1n) is 5.70. The van der Waals surface area contributed by atoms with E-state index in [1.165, 1.54) is 25.4 Å². The Morgan fingerprint density at radius 1 is 1.42 bits per heavy atom. The summed E-state index contributed by atoms with van der Waals surface area (Å²) in [7, 11) is 1.40. The molecule has 3 N–H and O–H groups in total. The predicted molar refractivity (Wildman–Crippen MR) is 68.0 cm³/mol. The number of rotatable bonds is 4. The van der Waals surface area contributed by atoms with Crippen LogP contribution < -0.4 is 10.5 Å². The molecule has 5 nitrogen and oxygen atoms in total. The molecule has 2 aromatic rings. The summed E-state index contributed by atoms with van der Waals surface area (Å²) in [5, 5.41) is 9.59. The van der Waals surface area contributed by atoms with Crippen LogP contribution in [0.5, 0.6) is 5.75 Å². The lowest BCUT2D eigenvalue weighted by Gasteiger charge is -2.08. The van der Waals surface area contributed by atoms with Gasteiger partial charge in [0.25, 0.3) is 0 Å². The zero-order valence-corrected chi connectivity index (χ0v) is 10.4. The summed E-state index contributed by atoms with van der Waals surface area (Å²) in [6.07, 6.45) is 0.571. The topological polar surface area (TPSA) is 81.3 Å². The molecule has 0 radical (unpaired) electrons. The molecule has 0 spiro atoms. The van der Waals surface area contributed by atoms with E-state index in [1.807, 2.05) is 0 Å². The minimum Gasteiger partial charge on any atom is -0.494 e. The number of ether oxygens (including phenoxy) is 1. The van der Waals surface area contributed by atoms with Crippen LogP contribution in [-0.2, 0) is 0 Å². The third-order valence-electron chi connectivity index (χ3n) is 2.64. The fourth-order valence-corrected chi connectivity index (χ4v) is 1.63. The zero-order chi connectivity index (χ0) is 13.8. The maximum Gasteiger partial charge on any atom is 0.165 e. The summed E-state index contributed by atoms with van der Waals surface area (Å²) >= 11 is 0. The van der Waals surface area contributed by atoms with Crippen molar-refractivity contribution < 1.29 is 14.2 Å². The molecule has 1 heterocycles. The van der Waals surface area contributed by atoms with Crippen LogP contribution in [0.15, 0.2) is 30.5 Å². The van der Waals surface area contributed by atoms with Gasteiger partial charge in [0.15, 0.2) is 17.4 Å². The van der Waals surface area contributed by atoms with E-state index in [0.717, 1.165) is 0 Å². The van der Waals surface area contributed by atoms with Crippen molar-refractivity contribution in [3.05, 3.63) is 42.1 Å². The van der Waals surface area contributed by atoms with Gasteiger partial charge in [-0.3, -0.25) is 0 Å². The molecule has 1 unspecified atom stereocenters. The van der Waals surface area contributed by atoms with Crippen molar-refractivity contribution >= 4 is 0 Å². The van der Waals surface area contributed by atoms with Crippen LogP contribution in [0.2, 0.25) is 0 Å². The molecule has 0 fully saturated rings. The number of nitrogens with two attached hydrogens (primary N) is 1. The molecule has 0 aliphatic carbocycles. The third kappa shape index (κ3) is 2.86. The highest BCUT2D eigenvalue weighted by molar-refractivity contribution is 5.60. The van der Waals surface area contributed by atoms with Gasteiger partial charge in [-0.25, -0.2) is 14.4 Å². The number of aliphatic hydroxyl groups excluding tert-OH is 1. The summed E-state index contributed by atoms with van der Waals surface area (Å²) < 4.78 is 18.5. The normalized spacial score (nSPS) is 12.2. The minimum atomic E-state index is -0.928. The summed E-state index contributed by atoms with van der Waals surface area (Å²) in [6, 6.07) is 6.16. The molecule has 1 aromatic heterocycles. The highest BCUT2D eigenvalue weighted by atomic mass is 19.1. The van der Waals surface area contributed by atoms with Crippen molar-refractivity contribution in [2.24, 2.45) is 5.73 Å². The van der Waals surface area contributed by atoms with Gasteiger partial charge < -0.3 is 15.6 Å². The Bertz CT molecular complexity index is 578. The molecule has 0 saturated carbocycles. The number of nitrogens with zero attached hydrogens (tertiary/aromatic N) is 2. The molecule has 0 aliphatic heterocycles. The number of benzene rings is 1. The molecule has 0 aliphatic rings. The Morgan fingerprint density at radius 3 is 2.84 bits per heavy atom. The second-order valence-electron chi connectivity index (χ2n) is 3.90. The van der Waals surface area contributed by atoms with Crippen molar-refractivity contribution in [2.75, 3.05) is 13.7 Å². The molecule has 19 heavy (non-hydrogen) atoms. The highest BCUT2D eigenvalue weighted by Gasteiger charge is 2.11. The van der Waals surface area contributed by atoms with E-state index in [0.29, 0.717) is 11.3 Å². The predicted octanol–water partition coefficient (Wildman–Crippen LogP) is 1.28. The number of aromatic nitrogens is 2. The molecule has 2 rings (SSSR count). The van der Waals surface area contributed by atoms with Gasteiger partial charge in [-0.05, 0) is 24.3 Å². The van der Waals surface area contributed by atoms with Gasteiger partial charge >= 0.3 is 0 Å². The van der Waals surface area contributed by atoms with Gasteiger partial charge in [-0.1, -0.05) is 0 Å². The van der Waals surface area contributed by atoms with Crippen molar-refractivity contribution in [2.45, 2.75) is 6.10 Å².